The minimum Gasteiger partial charge on any atom is -0.355 e. The summed E-state index contributed by atoms with van der Waals surface area (Å²) in [6.45, 7) is 10.7. The second-order valence-electron chi connectivity index (χ2n) is 5.21. The molecule has 0 aliphatic heterocycles. The van der Waals surface area contributed by atoms with Crippen LogP contribution < -0.4 is 10.6 Å². The van der Waals surface area contributed by atoms with Crippen molar-refractivity contribution >= 4 is 53.5 Å². The van der Waals surface area contributed by atoms with Gasteiger partial charge in [-0.05, 0) is 40.2 Å². The summed E-state index contributed by atoms with van der Waals surface area (Å²) in [5, 5.41) is 6.73. The van der Waals surface area contributed by atoms with E-state index in [1.807, 2.05) is 30.6 Å². The molecule has 0 amide bonds. The van der Waals surface area contributed by atoms with Gasteiger partial charge >= 0.3 is 0 Å². The molecule has 0 aromatic carbocycles. The average molecular weight is 405 g/mol. The lowest BCUT2D eigenvalue weighted by molar-refractivity contribution is 0.638. The SMILES string of the molecule is CN=C(NCC(C)(C)SC)NCC(C)(C)SC.I. The van der Waals surface area contributed by atoms with Crippen LogP contribution in [0.5, 0.6) is 0 Å². The van der Waals surface area contributed by atoms with E-state index in [2.05, 4.69) is 55.8 Å². The second-order valence-corrected chi connectivity index (χ2v) is 8.23. The number of thioether (sulfide) groups is 2. The lowest BCUT2D eigenvalue weighted by Crippen LogP contribution is -2.46. The van der Waals surface area contributed by atoms with E-state index in [1.165, 1.54) is 0 Å². The summed E-state index contributed by atoms with van der Waals surface area (Å²) >= 11 is 3.72. The van der Waals surface area contributed by atoms with Crippen molar-refractivity contribution in [2.75, 3.05) is 32.6 Å². The molecule has 0 saturated carbocycles. The van der Waals surface area contributed by atoms with Crippen molar-refractivity contribution in [3.8, 4) is 0 Å². The van der Waals surface area contributed by atoms with Gasteiger partial charge in [0.1, 0.15) is 0 Å². The lowest BCUT2D eigenvalue weighted by atomic mass is 10.2. The van der Waals surface area contributed by atoms with E-state index >= 15 is 0 Å². The highest BCUT2D eigenvalue weighted by atomic mass is 127. The van der Waals surface area contributed by atoms with Crippen molar-refractivity contribution in [3.63, 3.8) is 0 Å². The fourth-order valence-corrected chi connectivity index (χ4v) is 1.39. The molecule has 0 radical (unpaired) electrons. The molecule has 0 atom stereocenters. The monoisotopic (exact) mass is 405 g/mol. The highest BCUT2D eigenvalue weighted by molar-refractivity contribution is 14.0. The maximum absolute atomic E-state index is 4.24. The summed E-state index contributed by atoms with van der Waals surface area (Å²) in [5.74, 6) is 0.884. The number of hydrogen-bond donors (Lipinski definition) is 2. The smallest absolute Gasteiger partial charge is 0.191 e. The molecule has 0 aromatic heterocycles. The maximum Gasteiger partial charge on any atom is 0.191 e. The first-order valence-corrected chi connectivity index (χ1v) is 8.26. The van der Waals surface area contributed by atoms with Crippen LogP contribution in [0.15, 0.2) is 4.99 Å². The molecule has 0 aliphatic carbocycles. The molecule has 0 unspecified atom stereocenters. The molecule has 18 heavy (non-hydrogen) atoms. The average Bonchev–Trinajstić information content (AvgIpc) is 2.29. The van der Waals surface area contributed by atoms with Gasteiger partial charge in [-0.1, -0.05) is 0 Å². The zero-order valence-corrected chi connectivity index (χ0v) is 16.5. The zero-order chi connectivity index (χ0) is 13.5. The van der Waals surface area contributed by atoms with Crippen molar-refractivity contribution in [1.82, 2.24) is 10.6 Å². The number of halogens is 1. The summed E-state index contributed by atoms with van der Waals surface area (Å²) in [7, 11) is 1.81. The Bertz CT molecular complexity index is 234. The van der Waals surface area contributed by atoms with Gasteiger partial charge in [-0.15, -0.1) is 24.0 Å². The van der Waals surface area contributed by atoms with E-state index in [-0.39, 0.29) is 33.5 Å². The molecule has 0 saturated heterocycles. The van der Waals surface area contributed by atoms with Crippen LogP contribution in [0.4, 0.5) is 0 Å². The quantitative estimate of drug-likeness (QED) is 0.405. The Hall–Kier alpha value is 0.700. The summed E-state index contributed by atoms with van der Waals surface area (Å²) in [4.78, 5) is 4.24. The van der Waals surface area contributed by atoms with Gasteiger partial charge in [-0.2, -0.15) is 23.5 Å². The first-order chi connectivity index (χ1) is 7.76. The largest absolute Gasteiger partial charge is 0.355 e. The molecule has 0 aliphatic rings. The fraction of sp³-hybridized carbons (Fsp3) is 0.917. The van der Waals surface area contributed by atoms with Gasteiger partial charge in [-0.3, -0.25) is 4.99 Å². The second kappa shape index (κ2) is 9.58. The van der Waals surface area contributed by atoms with Crippen LogP contribution >= 0.6 is 47.5 Å². The van der Waals surface area contributed by atoms with Crippen LogP contribution in [0.25, 0.3) is 0 Å². The van der Waals surface area contributed by atoms with Crippen molar-refractivity contribution < 1.29 is 0 Å². The molecule has 6 heteroatoms. The topological polar surface area (TPSA) is 36.4 Å². The van der Waals surface area contributed by atoms with Gasteiger partial charge in [0.15, 0.2) is 5.96 Å². The first kappa shape index (κ1) is 21.0. The molecule has 0 aromatic rings. The third-order valence-corrected chi connectivity index (χ3v) is 5.19. The van der Waals surface area contributed by atoms with Gasteiger partial charge in [-0.25, -0.2) is 0 Å². The van der Waals surface area contributed by atoms with E-state index in [0.717, 1.165) is 19.0 Å². The number of nitrogens with zero attached hydrogens (tertiary/aromatic N) is 1. The van der Waals surface area contributed by atoms with Gasteiger partial charge in [0, 0.05) is 29.6 Å². The lowest BCUT2D eigenvalue weighted by Gasteiger charge is -2.26. The maximum atomic E-state index is 4.24. The van der Waals surface area contributed by atoms with Gasteiger partial charge in [0.05, 0.1) is 0 Å². The first-order valence-electron chi connectivity index (χ1n) is 5.81. The minimum atomic E-state index is 0. The molecular weight excluding hydrogens is 377 g/mol. The number of aliphatic imine (C=N–C) groups is 1. The van der Waals surface area contributed by atoms with Crippen LogP contribution in [-0.2, 0) is 0 Å². The molecule has 0 heterocycles. The Balaban J connectivity index is 0. The Morgan fingerprint density at radius 2 is 1.28 bits per heavy atom. The summed E-state index contributed by atoms with van der Waals surface area (Å²) in [6.07, 6.45) is 4.27. The van der Waals surface area contributed by atoms with Crippen molar-refractivity contribution in [2.45, 2.75) is 37.2 Å². The van der Waals surface area contributed by atoms with Crippen molar-refractivity contribution in [1.29, 1.82) is 0 Å². The van der Waals surface area contributed by atoms with E-state index in [9.17, 15) is 0 Å². The molecule has 2 N–H and O–H groups in total. The number of hydrogen-bond acceptors (Lipinski definition) is 3. The van der Waals surface area contributed by atoms with E-state index < -0.39 is 0 Å². The third-order valence-electron chi connectivity index (χ3n) is 2.69. The van der Waals surface area contributed by atoms with Crippen molar-refractivity contribution in [2.24, 2.45) is 4.99 Å². The number of rotatable bonds is 6. The van der Waals surface area contributed by atoms with Crippen LogP contribution in [0.3, 0.4) is 0 Å². The van der Waals surface area contributed by atoms with Crippen molar-refractivity contribution in [3.05, 3.63) is 0 Å². The zero-order valence-electron chi connectivity index (χ0n) is 12.6. The Kier molecular flexibility index (Phi) is 11.2. The van der Waals surface area contributed by atoms with Crippen LogP contribution in [0.1, 0.15) is 27.7 Å². The van der Waals surface area contributed by atoms with Crippen LogP contribution in [-0.4, -0.2) is 48.1 Å². The summed E-state index contributed by atoms with van der Waals surface area (Å²) in [5.41, 5.74) is 0. The minimum absolute atomic E-state index is 0. The van der Waals surface area contributed by atoms with E-state index in [4.69, 9.17) is 0 Å². The molecular formula is C12H28IN3S2. The van der Waals surface area contributed by atoms with E-state index in [1.54, 1.807) is 0 Å². The highest BCUT2D eigenvalue weighted by Crippen LogP contribution is 2.20. The molecule has 0 fully saturated rings. The number of guanidine groups is 1. The van der Waals surface area contributed by atoms with Gasteiger partial charge in [0.25, 0.3) is 0 Å². The molecule has 110 valence electrons. The summed E-state index contributed by atoms with van der Waals surface area (Å²) < 4.78 is 0.458. The van der Waals surface area contributed by atoms with Crippen LogP contribution in [0, 0.1) is 0 Å². The Morgan fingerprint density at radius 1 is 0.944 bits per heavy atom. The molecule has 0 spiro atoms. The molecule has 0 bridgehead atoms. The Labute approximate surface area is 138 Å². The summed E-state index contributed by atoms with van der Waals surface area (Å²) in [6, 6.07) is 0. The van der Waals surface area contributed by atoms with Gasteiger partial charge < -0.3 is 10.6 Å². The molecule has 0 rings (SSSR count). The number of nitrogens with one attached hydrogen (secondary N) is 2. The standard InChI is InChI=1S/C12H27N3S2.HI/c1-11(2,16-6)8-14-10(13-5)15-9-12(3,4)17-7;/h8-9H2,1-7H3,(H2,13,14,15);1H. The van der Waals surface area contributed by atoms with Gasteiger partial charge in [0.2, 0.25) is 0 Å². The fourth-order valence-electron chi connectivity index (χ4n) is 0.958. The predicted molar refractivity (Wildman–Crippen MR) is 100.0 cm³/mol. The highest BCUT2D eigenvalue weighted by Gasteiger charge is 2.18. The Morgan fingerprint density at radius 3 is 1.50 bits per heavy atom. The molecule has 3 nitrogen and oxygen atoms in total. The van der Waals surface area contributed by atoms with Crippen LogP contribution in [0.2, 0.25) is 0 Å². The normalized spacial score (nSPS) is 11.5. The predicted octanol–water partition coefficient (Wildman–Crippen LogP) is 3.05. The van der Waals surface area contributed by atoms with E-state index in [0.29, 0.717) is 0 Å². The third kappa shape index (κ3) is 9.61.